The third-order valence-electron chi connectivity index (χ3n) is 2.61. The highest BCUT2D eigenvalue weighted by Gasteiger charge is 2.31. The maximum Gasteiger partial charge on any atom is 0.323 e. The molecule has 1 saturated heterocycles. The van der Waals surface area contributed by atoms with Gasteiger partial charge in [-0.1, -0.05) is 42.5 Å². The van der Waals surface area contributed by atoms with Crippen molar-refractivity contribution in [1.82, 2.24) is 10.2 Å². The number of carboxylic acid groups (broad SMARTS) is 1. The summed E-state index contributed by atoms with van der Waals surface area (Å²) in [5.41, 5.74) is 1.27. The van der Waals surface area contributed by atoms with E-state index < -0.39 is 18.4 Å². The van der Waals surface area contributed by atoms with E-state index in [-0.39, 0.29) is 10.8 Å². The summed E-state index contributed by atoms with van der Waals surface area (Å²) in [6.45, 7) is -0.440. The fraction of sp³-hybridized carbons (Fsp3) is 0.0714. The van der Waals surface area contributed by atoms with Crippen molar-refractivity contribution in [2.75, 3.05) is 6.54 Å². The summed E-state index contributed by atoms with van der Waals surface area (Å²) in [5, 5.41) is 11.5. The average Bonchev–Trinajstić information content (AvgIpc) is 2.67. The number of aliphatic carboxylic acids is 1. The second-order valence-corrected chi connectivity index (χ2v) is 4.45. The van der Waals surface area contributed by atoms with E-state index in [4.69, 9.17) is 17.3 Å². The minimum atomic E-state index is -1.11. The normalized spacial score (nSPS) is 17.0. The molecule has 0 unspecified atom stereocenters. The van der Waals surface area contributed by atoms with Crippen LogP contribution in [0.5, 0.6) is 0 Å². The number of rotatable bonds is 4. The highest BCUT2D eigenvalue weighted by molar-refractivity contribution is 7.80. The third kappa shape index (κ3) is 3.30. The molecular formula is C14H12N2O3S. The van der Waals surface area contributed by atoms with Crippen molar-refractivity contribution in [3.63, 3.8) is 0 Å². The zero-order chi connectivity index (χ0) is 14.5. The molecule has 0 atom stereocenters. The van der Waals surface area contributed by atoms with Crippen LogP contribution in [0.1, 0.15) is 5.56 Å². The lowest BCUT2D eigenvalue weighted by Crippen LogP contribution is -2.35. The average molecular weight is 288 g/mol. The maximum absolute atomic E-state index is 11.9. The van der Waals surface area contributed by atoms with Crippen LogP contribution in [0.4, 0.5) is 0 Å². The van der Waals surface area contributed by atoms with E-state index in [1.165, 1.54) is 0 Å². The number of carbonyl (C=O) groups is 2. The summed E-state index contributed by atoms with van der Waals surface area (Å²) in [6, 6.07) is 9.60. The second kappa shape index (κ2) is 6.12. The molecule has 1 aromatic rings. The van der Waals surface area contributed by atoms with Crippen molar-refractivity contribution < 1.29 is 14.7 Å². The Bertz CT molecular complexity index is 608. The monoisotopic (exact) mass is 288 g/mol. The molecule has 6 heteroatoms. The second-order valence-electron chi connectivity index (χ2n) is 4.07. The zero-order valence-electron chi connectivity index (χ0n) is 10.4. The van der Waals surface area contributed by atoms with Gasteiger partial charge in [-0.3, -0.25) is 14.5 Å². The Balaban J connectivity index is 2.08. The summed E-state index contributed by atoms with van der Waals surface area (Å²) in [5.74, 6) is -1.54. The van der Waals surface area contributed by atoms with E-state index in [1.54, 1.807) is 12.2 Å². The van der Waals surface area contributed by atoms with Gasteiger partial charge in [0.05, 0.1) is 0 Å². The van der Waals surface area contributed by atoms with Crippen molar-refractivity contribution in [2.24, 2.45) is 0 Å². The molecule has 0 radical (unpaired) electrons. The largest absolute Gasteiger partial charge is 0.480 e. The van der Waals surface area contributed by atoms with Crippen LogP contribution in [0.15, 0.2) is 48.2 Å². The highest BCUT2D eigenvalue weighted by atomic mass is 32.1. The molecule has 20 heavy (non-hydrogen) atoms. The summed E-state index contributed by atoms with van der Waals surface area (Å²) in [4.78, 5) is 23.6. The van der Waals surface area contributed by atoms with Crippen LogP contribution in [0, 0.1) is 0 Å². The first-order valence-electron chi connectivity index (χ1n) is 5.86. The molecule has 0 saturated carbocycles. The van der Waals surface area contributed by atoms with Crippen LogP contribution >= 0.6 is 12.2 Å². The predicted octanol–water partition coefficient (Wildman–Crippen LogP) is 1.39. The standard InChI is InChI=1S/C14H12N2O3S/c17-12(18)9-16-13(19)11(15-14(16)20)8-4-7-10-5-2-1-3-6-10/h1-8H,9H2,(H,15,20)(H,17,18)/b7-4+,11-8-. The molecule has 1 aliphatic rings. The van der Waals surface area contributed by atoms with Crippen LogP contribution in [0.2, 0.25) is 0 Å². The number of thiocarbonyl (C=S) groups is 1. The summed E-state index contributed by atoms with van der Waals surface area (Å²) in [7, 11) is 0. The van der Waals surface area contributed by atoms with Gasteiger partial charge in [-0.05, 0) is 23.9 Å². The van der Waals surface area contributed by atoms with Crippen molar-refractivity contribution >= 4 is 35.3 Å². The van der Waals surface area contributed by atoms with Gasteiger partial charge in [0.25, 0.3) is 5.91 Å². The van der Waals surface area contributed by atoms with E-state index in [0.717, 1.165) is 10.5 Å². The minimum absolute atomic E-state index is 0.108. The van der Waals surface area contributed by atoms with Gasteiger partial charge in [0, 0.05) is 0 Å². The van der Waals surface area contributed by atoms with Gasteiger partial charge in [0.15, 0.2) is 5.11 Å². The van der Waals surface area contributed by atoms with Gasteiger partial charge < -0.3 is 10.4 Å². The fourth-order valence-corrected chi connectivity index (χ4v) is 1.94. The SMILES string of the molecule is O=C(O)CN1C(=O)/C(=C/C=C/c2ccccc2)NC1=S. The number of benzene rings is 1. The van der Waals surface area contributed by atoms with Gasteiger partial charge >= 0.3 is 5.97 Å². The van der Waals surface area contributed by atoms with Crippen molar-refractivity contribution in [1.29, 1.82) is 0 Å². The molecule has 1 aliphatic heterocycles. The van der Waals surface area contributed by atoms with Crippen molar-refractivity contribution in [3.8, 4) is 0 Å². The number of amides is 1. The summed E-state index contributed by atoms with van der Waals surface area (Å²) < 4.78 is 0. The van der Waals surface area contributed by atoms with Gasteiger partial charge in [-0.25, -0.2) is 0 Å². The number of nitrogens with zero attached hydrogens (tertiary/aromatic N) is 1. The highest BCUT2D eigenvalue weighted by Crippen LogP contribution is 2.10. The molecule has 1 heterocycles. The van der Waals surface area contributed by atoms with Gasteiger partial charge in [-0.15, -0.1) is 0 Å². The number of carbonyl (C=O) groups excluding carboxylic acids is 1. The van der Waals surface area contributed by atoms with Crippen molar-refractivity contribution in [3.05, 3.63) is 53.7 Å². The number of hydrogen-bond donors (Lipinski definition) is 2. The first-order valence-corrected chi connectivity index (χ1v) is 6.27. The number of nitrogens with one attached hydrogen (secondary N) is 1. The molecule has 1 aromatic carbocycles. The lowest BCUT2D eigenvalue weighted by atomic mass is 10.2. The summed E-state index contributed by atoms with van der Waals surface area (Å²) in [6.07, 6.45) is 5.12. The first-order chi connectivity index (χ1) is 9.58. The maximum atomic E-state index is 11.9. The van der Waals surface area contributed by atoms with E-state index >= 15 is 0 Å². The Morgan fingerprint density at radius 3 is 2.70 bits per heavy atom. The lowest BCUT2D eigenvalue weighted by Gasteiger charge is -2.09. The Kier molecular flexibility index (Phi) is 4.27. The first kappa shape index (κ1) is 14.0. The van der Waals surface area contributed by atoms with E-state index in [9.17, 15) is 9.59 Å². The number of carboxylic acids is 1. The third-order valence-corrected chi connectivity index (χ3v) is 2.93. The Morgan fingerprint density at radius 1 is 1.35 bits per heavy atom. The Hall–Kier alpha value is -2.47. The smallest absolute Gasteiger partial charge is 0.323 e. The van der Waals surface area contributed by atoms with Crippen LogP contribution < -0.4 is 5.32 Å². The molecule has 2 rings (SSSR count). The van der Waals surface area contributed by atoms with Crippen LogP contribution in [-0.2, 0) is 9.59 Å². The predicted molar refractivity (Wildman–Crippen MR) is 78.6 cm³/mol. The Labute approximate surface area is 121 Å². The van der Waals surface area contributed by atoms with E-state index in [2.05, 4.69) is 5.32 Å². The molecular weight excluding hydrogens is 276 g/mol. The van der Waals surface area contributed by atoms with Crippen molar-refractivity contribution in [2.45, 2.75) is 0 Å². The van der Waals surface area contributed by atoms with E-state index in [1.807, 2.05) is 36.4 Å². The van der Waals surface area contributed by atoms with Gasteiger partial charge in [0.2, 0.25) is 0 Å². The number of hydrogen-bond acceptors (Lipinski definition) is 3. The quantitative estimate of drug-likeness (QED) is 0.647. The van der Waals surface area contributed by atoms with Gasteiger partial charge in [-0.2, -0.15) is 0 Å². The van der Waals surface area contributed by atoms with Crippen LogP contribution in [0.25, 0.3) is 6.08 Å². The molecule has 0 aromatic heterocycles. The topological polar surface area (TPSA) is 69.6 Å². The minimum Gasteiger partial charge on any atom is -0.480 e. The van der Waals surface area contributed by atoms with Gasteiger partial charge in [0.1, 0.15) is 12.2 Å². The summed E-state index contributed by atoms with van der Waals surface area (Å²) >= 11 is 4.92. The molecule has 2 N–H and O–H groups in total. The van der Waals surface area contributed by atoms with E-state index in [0.29, 0.717) is 0 Å². The number of allylic oxidation sites excluding steroid dienone is 2. The zero-order valence-corrected chi connectivity index (χ0v) is 11.3. The molecule has 5 nitrogen and oxygen atoms in total. The molecule has 0 bridgehead atoms. The van der Waals surface area contributed by atoms with Crippen LogP contribution in [0.3, 0.4) is 0 Å². The molecule has 1 amide bonds. The molecule has 102 valence electrons. The lowest BCUT2D eigenvalue weighted by molar-refractivity contribution is -0.140. The molecule has 0 spiro atoms. The molecule has 1 fully saturated rings. The fourth-order valence-electron chi connectivity index (χ4n) is 1.69. The Morgan fingerprint density at radius 2 is 2.05 bits per heavy atom. The molecule has 0 aliphatic carbocycles. The van der Waals surface area contributed by atoms with Crippen LogP contribution in [-0.4, -0.2) is 33.5 Å².